The molecule has 3 heterocycles. The van der Waals surface area contributed by atoms with Crippen LogP contribution in [0.2, 0.25) is 0 Å². The third kappa shape index (κ3) is 3.88. The summed E-state index contributed by atoms with van der Waals surface area (Å²) in [6, 6.07) is 1.90. The number of urea groups is 1. The maximum Gasteiger partial charge on any atom is 0.324 e. The first-order valence-corrected chi connectivity index (χ1v) is 11.0. The molecule has 0 atom stereocenters. The Morgan fingerprint density at radius 1 is 1.31 bits per heavy atom. The Labute approximate surface area is 173 Å². The average Bonchev–Trinajstić information content (AvgIpc) is 3.33. The van der Waals surface area contributed by atoms with E-state index in [2.05, 4.69) is 15.3 Å². The van der Waals surface area contributed by atoms with Crippen LogP contribution in [0.25, 0.3) is 10.2 Å². The van der Waals surface area contributed by atoms with Crippen LogP contribution in [0.1, 0.15) is 67.4 Å². The van der Waals surface area contributed by atoms with Crippen LogP contribution in [0, 0.1) is 6.92 Å². The molecule has 0 radical (unpaired) electrons. The van der Waals surface area contributed by atoms with E-state index in [1.165, 1.54) is 30.6 Å². The lowest BCUT2D eigenvalue weighted by molar-refractivity contribution is -0.125. The van der Waals surface area contributed by atoms with Gasteiger partial charge < -0.3 is 10.6 Å². The van der Waals surface area contributed by atoms with Crippen LogP contribution in [0.5, 0.6) is 0 Å². The quantitative estimate of drug-likeness (QED) is 0.731. The Bertz CT molecular complexity index is 954. The van der Waals surface area contributed by atoms with E-state index in [-0.39, 0.29) is 24.9 Å². The van der Waals surface area contributed by atoms with E-state index in [1.54, 1.807) is 0 Å². The van der Waals surface area contributed by atoms with Gasteiger partial charge in [0.1, 0.15) is 4.83 Å². The van der Waals surface area contributed by atoms with Gasteiger partial charge in [0.05, 0.1) is 35.2 Å². The number of aromatic nitrogens is 2. The van der Waals surface area contributed by atoms with Gasteiger partial charge in [0.15, 0.2) is 0 Å². The van der Waals surface area contributed by atoms with E-state index in [4.69, 9.17) is 5.10 Å². The molecule has 8 nitrogen and oxygen atoms in total. The Kier molecular flexibility index (Phi) is 5.10. The second-order valence-corrected chi connectivity index (χ2v) is 9.66. The van der Waals surface area contributed by atoms with Gasteiger partial charge in [-0.2, -0.15) is 5.10 Å². The van der Waals surface area contributed by atoms with E-state index in [9.17, 15) is 14.4 Å². The van der Waals surface area contributed by atoms with Gasteiger partial charge in [-0.25, -0.2) is 4.79 Å². The van der Waals surface area contributed by atoms with Crippen molar-refractivity contribution in [2.24, 2.45) is 0 Å². The molecule has 0 aromatic carbocycles. The van der Waals surface area contributed by atoms with Crippen LogP contribution < -0.4 is 10.6 Å². The topological polar surface area (TPSA) is 96.3 Å². The van der Waals surface area contributed by atoms with Gasteiger partial charge >= 0.3 is 6.03 Å². The normalized spacial score (nSPS) is 18.5. The largest absolute Gasteiger partial charge is 0.345 e. The van der Waals surface area contributed by atoms with Crippen molar-refractivity contribution in [2.75, 3.05) is 13.1 Å². The molecule has 4 rings (SSSR count). The predicted octanol–water partition coefficient (Wildman–Crippen LogP) is 2.97. The van der Waals surface area contributed by atoms with Crippen LogP contribution >= 0.6 is 11.3 Å². The van der Waals surface area contributed by atoms with Gasteiger partial charge in [0.2, 0.25) is 5.91 Å². The highest BCUT2D eigenvalue weighted by molar-refractivity contribution is 7.20. The zero-order valence-electron chi connectivity index (χ0n) is 17.1. The number of fused-ring (bicyclic) bond motifs is 1. The summed E-state index contributed by atoms with van der Waals surface area (Å²) >= 11 is 1.46. The number of amides is 4. The summed E-state index contributed by atoms with van der Waals surface area (Å²) in [4.78, 5) is 39.4. The molecule has 156 valence electrons. The minimum Gasteiger partial charge on any atom is -0.345 e. The maximum absolute atomic E-state index is 12.9. The van der Waals surface area contributed by atoms with Crippen molar-refractivity contribution in [1.82, 2.24) is 25.3 Å². The van der Waals surface area contributed by atoms with E-state index in [1.807, 2.05) is 26.8 Å². The SMILES string of the molecule is Cc1nn(C2CCCCC2)c2sc(C(=O)NC(C)(C)CN3C(=O)CNC3=O)cc12. The minimum absolute atomic E-state index is 0.0100. The van der Waals surface area contributed by atoms with E-state index >= 15 is 0 Å². The predicted molar refractivity (Wildman–Crippen MR) is 111 cm³/mol. The first kappa shape index (κ1) is 19.9. The lowest BCUT2D eigenvalue weighted by atomic mass is 9.96. The first-order valence-electron chi connectivity index (χ1n) is 10.1. The van der Waals surface area contributed by atoms with Crippen molar-refractivity contribution in [2.45, 2.75) is 64.5 Å². The van der Waals surface area contributed by atoms with Gasteiger partial charge in [0, 0.05) is 5.39 Å². The van der Waals surface area contributed by atoms with Crippen LogP contribution in [0.3, 0.4) is 0 Å². The molecule has 29 heavy (non-hydrogen) atoms. The number of thiophene rings is 1. The first-order chi connectivity index (χ1) is 13.7. The lowest BCUT2D eigenvalue weighted by Gasteiger charge is -2.29. The monoisotopic (exact) mass is 417 g/mol. The number of hydrogen-bond acceptors (Lipinski definition) is 5. The molecule has 0 unspecified atom stereocenters. The molecule has 2 aromatic heterocycles. The number of hydrogen-bond donors (Lipinski definition) is 2. The van der Waals surface area contributed by atoms with Crippen molar-refractivity contribution in [1.29, 1.82) is 0 Å². The lowest BCUT2D eigenvalue weighted by Crippen LogP contribution is -2.52. The highest BCUT2D eigenvalue weighted by Gasteiger charge is 2.35. The van der Waals surface area contributed by atoms with Crippen LogP contribution in [0.4, 0.5) is 4.79 Å². The number of carbonyl (C=O) groups excluding carboxylic acids is 3. The van der Waals surface area contributed by atoms with Crippen molar-refractivity contribution >= 4 is 39.4 Å². The summed E-state index contributed by atoms with van der Waals surface area (Å²) in [6.45, 7) is 5.75. The Morgan fingerprint density at radius 3 is 2.69 bits per heavy atom. The van der Waals surface area contributed by atoms with Crippen molar-refractivity contribution in [3.05, 3.63) is 16.6 Å². The molecule has 1 saturated carbocycles. The molecule has 1 aliphatic carbocycles. The van der Waals surface area contributed by atoms with Crippen LogP contribution in [-0.2, 0) is 4.79 Å². The number of carbonyl (C=O) groups is 3. The van der Waals surface area contributed by atoms with Gasteiger partial charge in [-0.3, -0.25) is 19.2 Å². The van der Waals surface area contributed by atoms with E-state index in [0.29, 0.717) is 10.9 Å². The van der Waals surface area contributed by atoms with E-state index < -0.39 is 11.6 Å². The van der Waals surface area contributed by atoms with Gasteiger partial charge in [0.25, 0.3) is 5.91 Å². The third-order valence-electron chi connectivity index (χ3n) is 5.65. The summed E-state index contributed by atoms with van der Waals surface area (Å²) in [5.74, 6) is -0.472. The number of nitrogens with zero attached hydrogens (tertiary/aromatic N) is 3. The molecule has 0 bridgehead atoms. The summed E-state index contributed by atoms with van der Waals surface area (Å²) in [7, 11) is 0. The summed E-state index contributed by atoms with van der Waals surface area (Å²) in [6.07, 6.45) is 6.00. The molecule has 4 amide bonds. The molecular formula is C20H27N5O3S. The van der Waals surface area contributed by atoms with E-state index in [0.717, 1.165) is 33.7 Å². The minimum atomic E-state index is -0.741. The van der Waals surface area contributed by atoms with Gasteiger partial charge in [-0.1, -0.05) is 19.3 Å². The van der Waals surface area contributed by atoms with Gasteiger partial charge in [-0.05, 0) is 39.7 Å². The number of rotatable bonds is 5. The fraction of sp³-hybridized carbons (Fsp3) is 0.600. The Morgan fingerprint density at radius 2 is 2.03 bits per heavy atom. The molecule has 2 fully saturated rings. The van der Waals surface area contributed by atoms with Crippen LogP contribution in [0.15, 0.2) is 6.07 Å². The third-order valence-corrected chi connectivity index (χ3v) is 6.78. The highest BCUT2D eigenvalue weighted by atomic mass is 32.1. The molecule has 2 aromatic rings. The number of imide groups is 1. The number of aryl methyl sites for hydroxylation is 1. The molecular weight excluding hydrogens is 390 g/mol. The smallest absolute Gasteiger partial charge is 0.324 e. The summed E-state index contributed by atoms with van der Waals surface area (Å²) in [5, 5.41) is 11.2. The molecule has 2 N–H and O–H groups in total. The second kappa shape index (κ2) is 7.44. The van der Waals surface area contributed by atoms with Crippen molar-refractivity contribution in [3.63, 3.8) is 0 Å². The molecule has 9 heteroatoms. The zero-order valence-corrected chi connectivity index (χ0v) is 17.9. The van der Waals surface area contributed by atoms with Gasteiger partial charge in [-0.15, -0.1) is 11.3 Å². The zero-order chi connectivity index (χ0) is 20.8. The molecule has 0 spiro atoms. The number of nitrogens with one attached hydrogen (secondary N) is 2. The highest BCUT2D eigenvalue weighted by Crippen LogP contribution is 2.35. The van der Waals surface area contributed by atoms with Crippen molar-refractivity contribution in [3.8, 4) is 0 Å². The van der Waals surface area contributed by atoms with Crippen LogP contribution in [-0.4, -0.2) is 51.2 Å². The Balaban J connectivity index is 1.52. The summed E-state index contributed by atoms with van der Waals surface area (Å²) < 4.78 is 2.11. The fourth-order valence-corrected chi connectivity index (χ4v) is 5.30. The fourth-order valence-electron chi connectivity index (χ4n) is 4.18. The van der Waals surface area contributed by atoms with Crippen molar-refractivity contribution < 1.29 is 14.4 Å². The molecule has 1 saturated heterocycles. The Hall–Kier alpha value is -2.42. The standard InChI is InChI=1S/C20H27N5O3S/c1-12-14-9-15(29-18(14)25(23-12)13-7-5-4-6-8-13)17(27)22-20(2,3)11-24-16(26)10-21-19(24)28/h9,13H,4-8,10-11H2,1-3H3,(H,21,28)(H,22,27). The molecule has 1 aliphatic heterocycles. The summed E-state index contributed by atoms with van der Waals surface area (Å²) in [5.41, 5.74) is 0.203. The molecule has 2 aliphatic rings. The average molecular weight is 418 g/mol. The maximum atomic E-state index is 12.9. The second-order valence-electron chi connectivity index (χ2n) is 8.63.